The Labute approximate surface area is 54.1 Å². The van der Waals surface area contributed by atoms with E-state index in [2.05, 4.69) is 20.8 Å². The quantitative estimate of drug-likeness (QED) is 0.554. The van der Waals surface area contributed by atoms with Crippen LogP contribution >= 0.6 is 0 Å². The van der Waals surface area contributed by atoms with E-state index in [9.17, 15) is 0 Å². The number of nitrogens with one attached hydrogen (secondary N) is 1. The van der Waals surface area contributed by atoms with Crippen LogP contribution in [0.1, 0.15) is 13.8 Å². The zero-order valence-electron chi connectivity index (χ0n) is 5.63. The number of hydrogen-bond donors (Lipinski definition) is 1. The van der Waals surface area contributed by atoms with Crippen LogP contribution in [0, 0.1) is 0 Å². The molecule has 1 aliphatic rings. The molecule has 0 radical (unpaired) electrons. The van der Waals surface area contributed by atoms with E-state index in [1.165, 1.54) is 0 Å². The first-order chi connectivity index (χ1) is 4.29. The molecule has 0 aromatic heterocycles. The van der Waals surface area contributed by atoms with Crippen molar-refractivity contribution >= 4 is 5.84 Å². The van der Waals surface area contributed by atoms with Gasteiger partial charge in [0.05, 0.1) is 0 Å². The molecule has 0 unspecified atom stereocenters. The molecule has 1 heterocycles. The number of nitrogens with zero attached hydrogens (tertiary/aromatic N) is 3. The summed E-state index contributed by atoms with van der Waals surface area (Å²) >= 11 is 0. The van der Waals surface area contributed by atoms with Crippen molar-refractivity contribution in [3.63, 3.8) is 0 Å². The maximum Gasteiger partial charge on any atom is 0.142 e. The number of hydrogen-bond acceptors (Lipinski definition) is 3. The average Bonchev–Trinajstić information content (AvgIpc) is 2.15. The Balaban J connectivity index is 2.43. The molecule has 0 amide bonds. The molecular formula is C5H10N4. The van der Waals surface area contributed by atoms with Gasteiger partial charge in [-0.25, -0.2) is 5.43 Å². The van der Waals surface area contributed by atoms with Gasteiger partial charge in [0.25, 0.3) is 0 Å². The fourth-order valence-electron chi connectivity index (χ4n) is 0.612. The van der Waals surface area contributed by atoms with Crippen LogP contribution in [-0.4, -0.2) is 18.4 Å². The first-order valence-corrected chi connectivity index (χ1v) is 2.98. The monoisotopic (exact) mass is 126 g/mol. The van der Waals surface area contributed by atoms with E-state index in [1.54, 1.807) is 0 Å². The summed E-state index contributed by atoms with van der Waals surface area (Å²) in [6, 6.07) is 0.330. The Kier molecular flexibility index (Phi) is 1.77. The predicted molar refractivity (Wildman–Crippen MR) is 35.4 cm³/mol. The topological polar surface area (TPSA) is 49.1 Å². The van der Waals surface area contributed by atoms with Crippen LogP contribution in [0.15, 0.2) is 15.3 Å². The molecule has 4 heteroatoms. The second kappa shape index (κ2) is 2.57. The maximum absolute atomic E-state index is 4.19. The van der Waals surface area contributed by atoms with Crippen molar-refractivity contribution in [2.75, 3.05) is 6.54 Å². The van der Waals surface area contributed by atoms with E-state index in [-0.39, 0.29) is 0 Å². The van der Waals surface area contributed by atoms with Gasteiger partial charge in [0.1, 0.15) is 12.4 Å². The third-order valence-corrected chi connectivity index (χ3v) is 0.884. The van der Waals surface area contributed by atoms with E-state index in [0.29, 0.717) is 12.6 Å². The van der Waals surface area contributed by atoms with Gasteiger partial charge in [-0.2, -0.15) is 5.11 Å². The minimum absolute atomic E-state index is 0.330. The Morgan fingerprint density at radius 2 is 2.44 bits per heavy atom. The highest BCUT2D eigenvalue weighted by Crippen LogP contribution is 1.91. The van der Waals surface area contributed by atoms with E-state index in [0.717, 1.165) is 5.84 Å². The lowest BCUT2D eigenvalue weighted by molar-refractivity contribution is 0.822. The predicted octanol–water partition coefficient (Wildman–Crippen LogP) is 0.764. The summed E-state index contributed by atoms with van der Waals surface area (Å²) in [5, 5.41) is 7.26. The Bertz CT molecular complexity index is 137. The molecule has 50 valence electrons. The molecular weight excluding hydrogens is 116 g/mol. The lowest BCUT2D eigenvalue weighted by Gasteiger charge is -1.96. The molecule has 0 spiro atoms. The van der Waals surface area contributed by atoms with Crippen molar-refractivity contribution in [3.05, 3.63) is 0 Å². The van der Waals surface area contributed by atoms with Crippen LogP contribution in [-0.2, 0) is 0 Å². The van der Waals surface area contributed by atoms with Crippen molar-refractivity contribution in [2.45, 2.75) is 19.9 Å². The summed E-state index contributed by atoms with van der Waals surface area (Å²) in [6.45, 7) is 4.65. The Morgan fingerprint density at radius 1 is 1.67 bits per heavy atom. The normalized spacial score (nSPS) is 21.4. The van der Waals surface area contributed by atoms with E-state index >= 15 is 0 Å². The molecule has 0 aromatic rings. The Hall–Kier alpha value is -0.930. The van der Waals surface area contributed by atoms with Gasteiger partial charge in [-0.05, 0) is 13.8 Å². The molecule has 9 heavy (non-hydrogen) atoms. The fourth-order valence-corrected chi connectivity index (χ4v) is 0.612. The standard InChI is InChI=1S/C5H10N4/c1-4(2)7-5-3-6-9-8-5/h4H,3H2,1-2H3,(H,6,7,8). The third-order valence-electron chi connectivity index (χ3n) is 0.884. The first kappa shape index (κ1) is 6.19. The zero-order chi connectivity index (χ0) is 6.69. The number of rotatable bonds is 1. The van der Waals surface area contributed by atoms with Crippen LogP contribution in [0.3, 0.4) is 0 Å². The zero-order valence-corrected chi connectivity index (χ0v) is 5.63. The second-order valence-electron chi connectivity index (χ2n) is 2.18. The molecule has 1 rings (SSSR count). The van der Waals surface area contributed by atoms with Gasteiger partial charge in [-0.15, -0.1) is 0 Å². The molecule has 0 bridgehead atoms. The second-order valence-corrected chi connectivity index (χ2v) is 2.18. The minimum Gasteiger partial charge on any atom is -0.266 e. The summed E-state index contributed by atoms with van der Waals surface area (Å²) in [6.07, 6.45) is 0. The van der Waals surface area contributed by atoms with Crippen LogP contribution in [0.5, 0.6) is 0 Å². The summed E-state index contributed by atoms with van der Waals surface area (Å²) in [7, 11) is 0. The van der Waals surface area contributed by atoms with Crippen molar-refractivity contribution in [2.24, 2.45) is 15.3 Å². The van der Waals surface area contributed by atoms with Gasteiger partial charge >= 0.3 is 0 Å². The van der Waals surface area contributed by atoms with Crippen molar-refractivity contribution in [1.29, 1.82) is 0 Å². The maximum atomic E-state index is 4.19. The third kappa shape index (κ3) is 1.79. The van der Waals surface area contributed by atoms with Gasteiger partial charge < -0.3 is 0 Å². The summed E-state index contributed by atoms with van der Waals surface area (Å²) < 4.78 is 0. The molecule has 0 fully saturated rings. The lowest BCUT2D eigenvalue weighted by atomic mass is 10.4. The molecule has 0 saturated carbocycles. The number of amidine groups is 1. The summed E-state index contributed by atoms with van der Waals surface area (Å²) in [5.74, 6) is 0.866. The largest absolute Gasteiger partial charge is 0.266 e. The number of aliphatic imine (C=N–C) groups is 1. The molecule has 0 atom stereocenters. The van der Waals surface area contributed by atoms with E-state index in [1.807, 2.05) is 13.8 Å². The minimum atomic E-state index is 0.330. The van der Waals surface area contributed by atoms with Crippen LogP contribution in [0.2, 0.25) is 0 Å². The highest BCUT2D eigenvalue weighted by Gasteiger charge is 2.02. The van der Waals surface area contributed by atoms with Gasteiger partial charge in [0.15, 0.2) is 0 Å². The first-order valence-electron chi connectivity index (χ1n) is 2.98. The highest BCUT2D eigenvalue weighted by atomic mass is 15.5. The van der Waals surface area contributed by atoms with Crippen LogP contribution in [0.4, 0.5) is 0 Å². The van der Waals surface area contributed by atoms with Gasteiger partial charge in [0, 0.05) is 6.04 Å². The Morgan fingerprint density at radius 3 is 2.89 bits per heavy atom. The van der Waals surface area contributed by atoms with Gasteiger partial charge in [0.2, 0.25) is 0 Å². The molecule has 1 N–H and O–H groups in total. The van der Waals surface area contributed by atoms with Crippen LogP contribution < -0.4 is 5.43 Å². The molecule has 4 nitrogen and oxygen atoms in total. The molecule has 0 saturated heterocycles. The molecule has 1 aliphatic heterocycles. The van der Waals surface area contributed by atoms with Crippen LogP contribution in [0.25, 0.3) is 0 Å². The fraction of sp³-hybridized carbons (Fsp3) is 0.800. The SMILES string of the molecule is CC(C)N=C1CN=NN1. The van der Waals surface area contributed by atoms with E-state index in [4.69, 9.17) is 0 Å². The van der Waals surface area contributed by atoms with E-state index < -0.39 is 0 Å². The molecule has 0 aliphatic carbocycles. The highest BCUT2D eigenvalue weighted by molar-refractivity contribution is 5.84. The molecule has 0 aromatic carbocycles. The van der Waals surface area contributed by atoms with Crippen molar-refractivity contribution in [3.8, 4) is 0 Å². The van der Waals surface area contributed by atoms with Gasteiger partial charge in [-0.3, -0.25) is 4.99 Å². The smallest absolute Gasteiger partial charge is 0.142 e. The van der Waals surface area contributed by atoms with Gasteiger partial charge in [-0.1, -0.05) is 5.22 Å². The lowest BCUT2D eigenvalue weighted by Crippen LogP contribution is -2.15. The van der Waals surface area contributed by atoms with Crippen molar-refractivity contribution in [1.82, 2.24) is 5.43 Å². The summed E-state index contributed by atoms with van der Waals surface area (Å²) in [5.41, 5.74) is 2.70. The van der Waals surface area contributed by atoms with Crippen molar-refractivity contribution < 1.29 is 0 Å². The summed E-state index contributed by atoms with van der Waals surface area (Å²) in [4.78, 5) is 4.19. The average molecular weight is 126 g/mol.